The van der Waals surface area contributed by atoms with Gasteiger partial charge in [-0.3, -0.25) is 4.79 Å². The van der Waals surface area contributed by atoms with Crippen molar-refractivity contribution in [1.29, 1.82) is 0 Å². The SMILES string of the molecule is CCOC(=O)C1=C(CC)N(Cc2cccc(C)c2)C(=O)C[C@H]1c1ccccc1Cl. The molecule has 0 bridgehead atoms. The molecule has 0 N–H and O–H groups in total. The molecule has 1 amide bonds. The summed E-state index contributed by atoms with van der Waals surface area (Å²) in [5.41, 5.74) is 4.20. The number of aryl methyl sites for hydroxylation is 1. The van der Waals surface area contributed by atoms with Crippen LogP contribution in [0.4, 0.5) is 0 Å². The van der Waals surface area contributed by atoms with Crippen LogP contribution in [-0.4, -0.2) is 23.4 Å². The maximum absolute atomic E-state index is 13.2. The van der Waals surface area contributed by atoms with Crippen LogP contribution in [0.25, 0.3) is 0 Å². The zero-order valence-electron chi connectivity index (χ0n) is 17.1. The van der Waals surface area contributed by atoms with Crippen LogP contribution < -0.4 is 0 Å². The Bertz CT molecular complexity index is 951. The van der Waals surface area contributed by atoms with Crippen LogP contribution in [0, 0.1) is 6.92 Å². The van der Waals surface area contributed by atoms with Crippen LogP contribution >= 0.6 is 11.6 Å². The number of benzene rings is 2. The summed E-state index contributed by atoms with van der Waals surface area (Å²) in [6, 6.07) is 15.4. The van der Waals surface area contributed by atoms with Crippen molar-refractivity contribution in [1.82, 2.24) is 4.90 Å². The molecular weight excluding hydrogens is 386 g/mol. The Hall–Kier alpha value is -2.59. The summed E-state index contributed by atoms with van der Waals surface area (Å²) >= 11 is 6.43. The zero-order valence-corrected chi connectivity index (χ0v) is 17.8. The summed E-state index contributed by atoms with van der Waals surface area (Å²) < 4.78 is 5.38. The lowest BCUT2D eigenvalue weighted by molar-refractivity contribution is -0.140. The third-order valence-corrected chi connectivity index (χ3v) is 5.54. The van der Waals surface area contributed by atoms with Gasteiger partial charge in [-0.1, -0.05) is 66.6 Å². The molecule has 0 unspecified atom stereocenters. The normalized spacial score (nSPS) is 16.9. The number of ether oxygens (including phenoxy) is 1. The molecule has 5 heteroatoms. The fraction of sp³-hybridized carbons (Fsp3) is 0.333. The van der Waals surface area contributed by atoms with E-state index in [1.165, 1.54) is 0 Å². The van der Waals surface area contributed by atoms with Crippen molar-refractivity contribution in [2.45, 2.75) is 46.1 Å². The minimum absolute atomic E-state index is 0.0127. The minimum atomic E-state index is -0.404. The number of esters is 1. The van der Waals surface area contributed by atoms with E-state index >= 15 is 0 Å². The van der Waals surface area contributed by atoms with Crippen LogP contribution in [0.15, 0.2) is 59.8 Å². The van der Waals surface area contributed by atoms with E-state index in [1.54, 1.807) is 17.9 Å². The molecule has 4 nitrogen and oxygen atoms in total. The van der Waals surface area contributed by atoms with Crippen LogP contribution in [0.2, 0.25) is 5.02 Å². The molecule has 152 valence electrons. The molecule has 3 rings (SSSR count). The van der Waals surface area contributed by atoms with E-state index in [0.29, 0.717) is 29.3 Å². The lowest BCUT2D eigenvalue weighted by Crippen LogP contribution is -2.39. The average Bonchev–Trinajstić information content (AvgIpc) is 2.69. The summed E-state index contributed by atoms with van der Waals surface area (Å²) in [7, 11) is 0. The molecule has 1 heterocycles. The van der Waals surface area contributed by atoms with Crippen LogP contribution in [-0.2, 0) is 20.9 Å². The standard InChI is InChI=1S/C24H26ClNO3/c1-4-21-23(24(28)29-5-2)19(18-11-6-7-12-20(18)25)14-22(27)26(21)15-17-10-8-9-16(3)13-17/h6-13,19H,4-5,14-15H2,1-3H3/t19-/m0/s1. The largest absolute Gasteiger partial charge is 0.463 e. The van der Waals surface area contributed by atoms with E-state index in [1.807, 2.05) is 50.2 Å². The van der Waals surface area contributed by atoms with E-state index in [2.05, 4.69) is 6.07 Å². The number of allylic oxidation sites excluding steroid dienone is 1. The Morgan fingerprint density at radius 1 is 1.17 bits per heavy atom. The Morgan fingerprint density at radius 2 is 1.93 bits per heavy atom. The van der Waals surface area contributed by atoms with E-state index in [-0.39, 0.29) is 24.9 Å². The van der Waals surface area contributed by atoms with Crippen molar-refractivity contribution < 1.29 is 14.3 Å². The van der Waals surface area contributed by atoms with Crippen molar-refractivity contribution in [3.05, 3.63) is 81.5 Å². The highest BCUT2D eigenvalue weighted by atomic mass is 35.5. The maximum Gasteiger partial charge on any atom is 0.336 e. The predicted octanol–water partition coefficient (Wildman–Crippen LogP) is 5.39. The van der Waals surface area contributed by atoms with Gasteiger partial charge in [0.1, 0.15) is 0 Å². The molecule has 0 aromatic heterocycles. The van der Waals surface area contributed by atoms with Crippen molar-refractivity contribution in [2.75, 3.05) is 6.61 Å². The van der Waals surface area contributed by atoms with Gasteiger partial charge in [-0.05, 0) is 37.5 Å². The highest BCUT2D eigenvalue weighted by molar-refractivity contribution is 6.31. The second-order valence-corrected chi connectivity index (χ2v) is 7.59. The fourth-order valence-corrected chi connectivity index (χ4v) is 4.20. The van der Waals surface area contributed by atoms with Gasteiger partial charge in [-0.2, -0.15) is 0 Å². The fourth-order valence-electron chi connectivity index (χ4n) is 3.93. The van der Waals surface area contributed by atoms with Gasteiger partial charge in [0.15, 0.2) is 0 Å². The minimum Gasteiger partial charge on any atom is -0.463 e. The van der Waals surface area contributed by atoms with Gasteiger partial charge in [-0.25, -0.2) is 4.79 Å². The van der Waals surface area contributed by atoms with Gasteiger partial charge >= 0.3 is 5.97 Å². The Kier molecular flexibility index (Phi) is 6.75. The summed E-state index contributed by atoms with van der Waals surface area (Å²) in [6.45, 7) is 6.48. The van der Waals surface area contributed by atoms with Crippen LogP contribution in [0.1, 0.15) is 49.3 Å². The van der Waals surface area contributed by atoms with Gasteiger partial charge in [0.2, 0.25) is 5.91 Å². The number of carbonyl (C=O) groups is 2. The average molecular weight is 412 g/mol. The number of halogens is 1. The Balaban J connectivity index is 2.10. The molecule has 1 aliphatic heterocycles. The molecule has 0 aliphatic carbocycles. The van der Waals surface area contributed by atoms with Crippen molar-refractivity contribution >= 4 is 23.5 Å². The lowest BCUT2D eigenvalue weighted by Gasteiger charge is -2.36. The first-order valence-electron chi connectivity index (χ1n) is 9.96. The molecule has 29 heavy (non-hydrogen) atoms. The van der Waals surface area contributed by atoms with Crippen molar-refractivity contribution in [3.63, 3.8) is 0 Å². The number of rotatable bonds is 6. The number of nitrogens with zero attached hydrogens (tertiary/aromatic N) is 1. The monoisotopic (exact) mass is 411 g/mol. The smallest absolute Gasteiger partial charge is 0.336 e. The van der Waals surface area contributed by atoms with Gasteiger partial charge in [-0.15, -0.1) is 0 Å². The summed E-state index contributed by atoms with van der Waals surface area (Å²) in [5.74, 6) is -0.795. The van der Waals surface area contributed by atoms with Gasteiger partial charge in [0, 0.05) is 23.1 Å². The molecule has 2 aromatic carbocycles. The second-order valence-electron chi connectivity index (χ2n) is 7.18. The maximum atomic E-state index is 13.2. The van der Waals surface area contributed by atoms with Gasteiger partial charge < -0.3 is 9.64 Å². The Labute approximate surface area is 177 Å². The van der Waals surface area contributed by atoms with E-state index in [9.17, 15) is 9.59 Å². The first kappa shape index (κ1) is 21.1. The molecule has 0 saturated carbocycles. The van der Waals surface area contributed by atoms with Gasteiger partial charge in [0.25, 0.3) is 0 Å². The summed E-state index contributed by atoms with van der Waals surface area (Å²) in [6.07, 6.45) is 0.736. The molecule has 0 spiro atoms. The summed E-state index contributed by atoms with van der Waals surface area (Å²) in [5, 5.41) is 0.551. The van der Waals surface area contributed by atoms with E-state index < -0.39 is 5.92 Å². The van der Waals surface area contributed by atoms with E-state index in [4.69, 9.17) is 16.3 Å². The summed E-state index contributed by atoms with van der Waals surface area (Å²) in [4.78, 5) is 27.9. The first-order chi connectivity index (χ1) is 14.0. The van der Waals surface area contributed by atoms with E-state index in [0.717, 1.165) is 16.7 Å². The molecule has 1 atom stereocenters. The molecule has 0 saturated heterocycles. The van der Waals surface area contributed by atoms with Crippen molar-refractivity contribution in [3.8, 4) is 0 Å². The molecule has 1 aliphatic rings. The number of hydrogen-bond acceptors (Lipinski definition) is 3. The molecular formula is C24H26ClNO3. The molecule has 2 aromatic rings. The number of carbonyl (C=O) groups excluding carboxylic acids is 2. The number of amides is 1. The van der Waals surface area contributed by atoms with Crippen LogP contribution in [0.5, 0.6) is 0 Å². The first-order valence-corrected chi connectivity index (χ1v) is 10.3. The Morgan fingerprint density at radius 3 is 2.59 bits per heavy atom. The predicted molar refractivity (Wildman–Crippen MR) is 114 cm³/mol. The van der Waals surface area contributed by atoms with Gasteiger partial charge in [0.05, 0.1) is 18.7 Å². The lowest BCUT2D eigenvalue weighted by atomic mass is 9.82. The zero-order chi connectivity index (χ0) is 21.0. The highest BCUT2D eigenvalue weighted by Gasteiger charge is 2.38. The highest BCUT2D eigenvalue weighted by Crippen LogP contribution is 2.41. The third kappa shape index (κ3) is 4.54. The second kappa shape index (κ2) is 9.27. The molecule has 0 fully saturated rings. The topological polar surface area (TPSA) is 46.6 Å². The number of hydrogen-bond donors (Lipinski definition) is 0. The quantitative estimate of drug-likeness (QED) is 0.598. The third-order valence-electron chi connectivity index (χ3n) is 5.20. The van der Waals surface area contributed by atoms with Crippen molar-refractivity contribution in [2.24, 2.45) is 0 Å². The van der Waals surface area contributed by atoms with Crippen LogP contribution in [0.3, 0.4) is 0 Å². The molecule has 0 radical (unpaired) electrons.